The van der Waals surface area contributed by atoms with Crippen LogP contribution in [0.15, 0.2) is 42.5 Å². The fourth-order valence-corrected chi connectivity index (χ4v) is 3.03. The van der Waals surface area contributed by atoms with Crippen molar-refractivity contribution in [2.45, 2.75) is 13.8 Å². The second-order valence-electron chi connectivity index (χ2n) is 4.31. The summed E-state index contributed by atoms with van der Waals surface area (Å²) in [4.78, 5) is 4.74. The molecule has 0 atom stereocenters. The Bertz CT molecular complexity index is 682. The molecule has 0 N–H and O–H groups in total. The molecular weight excluding hydrogens is 226 g/mol. The van der Waals surface area contributed by atoms with Crippen molar-refractivity contribution in [2.75, 3.05) is 0 Å². The van der Waals surface area contributed by atoms with Crippen molar-refractivity contribution >= 4 is 21.6 Å². The summed E-state index contributed by atoms with van der Waals surface area (Å²) in [7, 11) is 0. The molecule has 0 aliphatic heterocycles. The Hall–Kier alpha value is -1.67. The van der Waals surface area contributed by atoms with Crippen molar-refractivity contribution in [3.63, 3.8) is 0 Å². The highest BCUT2D eigenvalue weighted by Crippen LogP contribution is 2.31. The van der Waals surface area contributed by atoms with Crippen molar-refractivity contribution in [3.05, 3.63) is 53.6 Å². The van der Waals surface area contributed by atoms with E-state index in [1.54, 1.807) is 11.3 Å². The lowest BCUT2D eigenvalue weighted by Crippen LogP contribution is -1.78. The lowest BCUT2D eigenvalue weighted by molar-refractivity contribution is 1.40. The molecule has 0 bridgehead atoms. The van der Waals surface area contributed by atoms with Crippen LogP contribution in [0.2, 0.25) is 0 Å². The third-order valence-corrected chi connectivity index (χ3v) is 3.96. The van der Waals surface area contributed by atoms with Gasteiger partial charge in [-0.2, -0.15) is 0 Å². The molecule has 0 aliphatic rings. The monoisotopic (exact) mass is 239 g/mol. The minimum atomic E-state index is 1.11. The van der Waals surface area contributed by atoms with Crippen LogP contribution < -0.4 is 0 Å². The molecule has 2 heteroatoms. The zero-order valence-corrected chi connectivity index (χ0v) is 10.7. The quantitative estimate of drug-likeness (QED) is 0.605. The highest BCUT2D eigenvalue weighted by molar-refractivity contribution is 7.21. The highest BCUT2D eigenvalue weighted by Gasteiger charge is 2.07. The molecule has 84 valence electrons. The lowest BCUT2D eigenvalue weighted by Gasteiger charge is -1.96. The molecule has 0 radical (unpaired) electrons. The number of benzene rings is 2. The van der Waals surface area contributed by atoms with E-state index in [2.05, 4.69) is 56.3 Å². The number of rotatable bonds is 1. The number of aromatic nitrogens is 1. The van der Waals surface area contributed by atoms with Gasteiger partial charge >= 0.3 is 0 Å². The minimum absolute atomic E-state index is 1.11. The third-order valence-electron chi connectivity index (χ3n) is 2.89. The van der Waals surface area contributed by atoms with Crippen LogP contribution in [0.3, 0.4) is 0 Å². The van der Waals surface area contributed by atoms with E-state index in [0.717, 1.165) is 10.5 Å². The first-order chi connectivity index (χ1) is 8.24. The van der Waals surface area contributed by atoms with E-state index < -0.39 is 0 Å². The van der Waals surface area contributed by atoms with Crippen molar-refractivity contribution < 1.29 is 0 Å². The summed E-state index contributed by atoms with van der Waals surface area (Å²) in [5.74, 6) is 0. The van der Waals surface area contributed by atoms with Gasteiger partial charge in [0.15, 0.2) is 0 Å². The van der Waals surface area contributed by atoms with Gasteiger partial charge in [0.05, 0.1) is 10.2 Å². The lowest BCUT2D eigenvalue weighted by atomic mass is 10.1. The fourth-order valence-electron chi connectivity index (χ4n) is 1.99. The molecule has 3 aromatic rings. The zero-order valence-electron chi connectivity index (χ0n) is 9.90. The Morgan fingerprint density at radius 3 is 2.59 bits per heavy atom. The first kappa shape index (κ1) is 10.5. The fraction of sp³-hybridized carbons (Fsp3) is 0.133. The SMILES string of the molecule is Cc1cccc(-c2nc3c(C)cccc3s2)c1. The Kier molecular flexibility index (Phi) is 2.45. The molecule has 0 saturated carbocycles. The number of nitrogens with zero attached hydrogens (tertiary/aromatic N) is 1. The summed E-state index contributed by atoms with van der Waals surface area (Å²) in [5.41, 5.74) is 4.87. The number of hydrogen-bond acceptors (Lipinski definition) is 2. The molecule has 1 aromatic heterocycles. The van der Waals surface area contributed by atoms with Gasteiger partial charge in [0.25, 0.3) is 0 Å². The summed E-state index contributed by atoms with van der Waals surface area (Å²) in [6.45, 7) is 4.23. The van der Waals surface area contributed by atoms with Crippen LogP contribution in [-0.2, 0) is 0 Å². The van der Waals surface area contributed by atoms with Gasteiger partial charge in [-0.15, -0.1) is 11.3 Å². The molecule has 0 spiro atoms. The Labute approximate surface area is 105 Å². The van der Waals surface area contributed by atoms with Gasteiger partial charge in [0, 0.05) is 5.56 Å². The van der Waals surface area contributed by atoms with Gasteiger partial charge in [-0.3, -0.25) is 0 Å². The highest BCUT2D eigenvalue weighted by atomic mass is 32.1. The van der Waals surface area contributed by atoms with E-state index in [0.29, 0.717) is 0 Å². The normalized spacial score (nSPS) is 10.9. The summed E-state index contributed by atoms with van der Waals surface area (Å²) < 4.78 is 1.27. The van der Waals surface area contributed by atoms with Gasteiger partial charge in [0.1, 0.15) is 5.01 Å². The van der Waals surface area contributed by atoms with Crippen molar-refractivity contribution in [1.29, 1.82) is 0 Å². The van der Waals surface area contributed by atoms with E-state index in [4.69, 9.17) is 4.98 Å². The standard InChI is InChI=1S/C15H13NS/c1-10-5-3-7-12(9-10)15-16-14-11(2)6-4-8-13(14)17-15/h3-9H,1-2H3. The molecule has 1 heterocycles. The van der Waals surface area contributed by atoms with Gasteiger partial charge in [0.2, 0.25) is 0 Å². The number of aryl methyl sites for hydroxylation is 2. The van der Waals surface area contributed by atoms with E-state index >= 15 is 0 Å². The average Bonchev–Trinajstić information content (AvgIpc) is 2.74. The van der Waals surface area contributed by atoms with Crippen LogP contribution in [0.5, 0.6) is 0 Å². The summed E-state index contributed by atoms with van der Waals surface area (Å²) in [6, 6.07) is 14.9. The van der Waals surface area contributed by atoms with E-state index in [-0.39, 0.29) is 0 Å². The smallest absolute Gasteiger partial charge is 0.124 e. The topological polar surface area (TPSA) is 12.9 Å². The maximum atomic E-state index is 4.74. The van der Waals surface area contributed by atoms with Crippen molar-refractivity contribution in [1.82, 2.24) is 4.98 Å². The van der Waals surface area contributed by atoms with E-state index in [1.807, 2.05) is 0 Å². The third kappa shape index (κ3) is 1.85. The summed E-state index contributed by atoms with van der Waals surface area (Å²) in [5, 5.41) is 1.11. The molecule has 3 rings (SSSR count). The summed E-state index contributed by atoms with van der Waals surface area (Å²) >= 11 is 1.76. The van der Waals surface area contributed by atoms with Crippen LogP contribution in [0, 0.1) is 13.8 Å². The maximum Gasteiger partial charge on any atom is 0.124 e. The van der Waals surface area contributed by atoms with Crippen LogP contribution in [-0.4, -0.2) is 4.98 Å². The number of para-hydroxylation sites is 1. The van der Waals surface area contributed by atoms with Gasteiger partial charge < -0.3 is 0 Å². The molecule has 2 aromatic carbocycles. The minimum Gasteiger partial charge on any atom is -0.236 e. The number of hydrogen-bond donors (Lipinski definition) is 0. The second-order valence-corrected chi connectivity index (χ2v) is 5.34. The first-order valence-electron chi connectivity index (χ1n) is 5.67. The number of thiazole rings is 1. The predicted octanol–water partition coefficient (Wildman–Crippen LogP) is 4.58. The van der Waals surface area contributed by atoms with Crippen LogP contribution in [0.1, 0.15) is 11.1 Å². The van der Waals surface area contributed by atoms with Gasteiger partial charge in [-0.05, 0) is 31.5 Å². The molecule has 0 saturated heterocycles. The zero-order chi connectivity index (χ0) is 11.8. The molecule has 17 heavy (non-hydrogen) atoms. The molecule has 0 unspecified atom stereocenters. The Morgan fingerprint density at radius 2 is 1.82 bits per heavy atom. The van der Waals surface area contributed by atoms with Crippen molar-refractivity contribution in [2.24, 2.45) is 0 Å². The van der Waals surface area contributed by atoms with Crippen LogP contribution >= 0.6 is 11.3 Å². The molecule has 0 fully saturated rings. The molecular formula is C15H13NS. The largest absolute Gasteiger partial charge is 0.236 e. The second kappa shape index (κ2) is 3.97. The van der Waals surface area contributed by atoms with Crippen LogP contribution in [0.25, 0.3) is 20.8 Å². The summed E-state index contributed by atoms with van der Waals surface area (Å²) in [6.07, 6.45) is 0. The van der Waals surface area contributed by atoms with E-state index in [9.17, 15) is 0 Å². The number of fused-ring (bicyclic) bond motifs is 1. The van der Waals surface area contributed by atoms with Gasteiger partial charge in [-0.25, -0.2) is 4.98 Å². The molecule has 1 nitrogen and oxygen atoms in total. The van der Waals surface area contributed by atoms with E-state index in [1.165, 1.54) is 21.4 Å². The molecule has 0 aliphatic carbocycles. The van der Waals surface area contributed by atoms with Gasteiger partial charge in [-0.1, -0.05) is 35.9 Å². The maximum absolute atomic E-state index is 4.74. The Balaban J connectivity index is 2.22. The average molecular weight is 239 g/mol. The predicted molar refractivity (Wildman–Crippen MR) is 74.5 cm³/mol. The Morgan fingerprint density at radius 1 is 1.00 bits per heavy atom. The first-order valence-corrected chi connectivity index (χ1v) is 6.49. The van der Waals surface area contributed by atoms with Crippen LogP contribution in [0.4, 0.5) is 0 Å². The molecule has 0 amide bonds. The van der Waals surface area contributed by atoms with Crippen molar-refractivity contribution in [3.8, 4) is 10.6 Å².